The summed E-state index contributed by atoms with van der Waals surface area (Å²) in [7, 11) is 1.85. The molecule has 122 valence electrons. The zero-order chi connectivity index (χ0) is 16.9. The van der Waals surface area contributed by atoms with Crippen molar-refractivity contribution in [2.45, 2.75) is 13.5 Å². The summed E-state index contributed by atoms with van der Waals surface area (Å²) in [5.41, 5.74) is 2.23. The summed E-state index contributed by atoms with van der Waals surface area (Å²) in [5.74, 6) is 0.669. The van der Waals surface area contributed by atoms with E-state index in [0.29, 0.717) is 17.9 Å². The molecule has 6 heteroatoms. The Morgan fingerprint density at radius 3 is 2.71 bits per heavy atom. The molecular weight excluding hydrogens is 304 g/mol. The van der Waals surface area contributed by atoms with E-state index in [1.807, 2.05) is 50.4 Å². The minimum atomic E-state index is -0.243. The Morgan fingerprint density at radius 1 is 1.21 bits per heavy atom. The average molecular weight is 322 g/mol. The number of ether oxygens (including phenoxy) is 1. The summed E-state index contributed by atoms with van der Waals surface area (Å²) in [6, 6.07) is 14.6. The molecule has 2 heterocycles. The number of aromatic nitrogens is 3. The van der Waals surface area contributed by atoms with Gasteiger partial charge in [-0.15, -0.1) is 0 Å². The van der Waals surface area contributed by atoms with Crippen LogP contribution in [0.5, 0.6) is 11.6 Å². The van der Waals surface area contributed by atoms with Crippen molar-refractivity contribution < 1.29 is 9.53 Å². The van der Waals surface area contributed by atoms with Gasteiger partial charge in [-0.3, -0.25) is 9.48 Å². The van der Waals surface area contributed by atoms with E-state index in [4.69, 9.17) is 4.74 Å². The number of nitrogens with zero attached hydrogens (tertiary/aromatic N) is 3. The summed E-state index contributed by atoms with van der Waals surface area (Å²) in [6.07, 6.45) is 1.60. The summed E-state index contributed by atoms with van der Waals surface area (Å²) >= 11 is 0. The number of pyridine rings is 1. The second-order valence-corrected chi connectivity index (χ2v) is 5.35. The van der Waals surface area contributed by atoms with Crippen LogP contribution >= 0.6 is 0 Å². The van der Waals surface area contributed by atoms with E-state index in [1.165, 1.54) is 0 Å². The Balaban J connectivity index is 1.74. The van der Waals surface area contributed by atoms with E-state index in [1.54, 1.807) is 23.0 Å². The molecule has 0 radical (unpaired) electrons. The fourth-order valence-electron chi connectivity index (χ4n) is 2.34. The van der Waals surface area contributed by atoms with Crippen LogP contribution in [-0.2, 0) is 13.6 Å². The van der Waals surface area contributed by atoms with E-state index in [-0.39, 0.29) is 11.8 Å². The largest absolute Gasteiger partial charge is 0.438 e. The fraction of sp³-hybridized carbons (Fsp3) is 0.167. The molecule has 1 amide bonds. The maximum Gasteiger partial charge on any atom is 0.257 e. The van der Waals surface area contributed by atoms with Crippen LogP contribution < -0.4 is 10.1 Å². The normalized spacial score (nSPS) is 10.4. The predicted molar refractivity (Wildman–Crippen MR) is 89.9 cm³/mol. The fourth-order valence-corrected chi connectivity index (χ4v) is 2.34. The third-order valence-corrected chi connectivity index (χ3v) is 3.50. The lowest BCUT2D eigenvalue weighted by atomic mass is 10.2. The second kappa shape index (κ2) is 6.95. The first kappa shape index (κ1) is 15.7. The molecule has 0 aliphatic heterocycles. The minimum Gasteiger partial charge on any atom is -0.438 e. The van der Waals surface area contributed by atoms with Crippen molar-refractivity contribution in [1.29, 1.82) is 0 Å². The SMILES string of the molecule is Cc1cc(CNC(=O)c2cccnc2Oc2ccccc2)n(C)n1. The molecule has 2 aromatic heterocycles. The topological polar surface area (TPSA) is 69.0 Å². The van der Waals surface area contributed by atoms with Gasteiger partial charge >= 0.3 is 0 Å². The van der Waals surface area contributed by atoms with Crippen LogP contribution in [0.1, 0.15) is 21.7 Å². The first-order chi connectivity index (χ1) is 11.6. The Kier molecular flexibility index (Phi) is 4.56. The number of para-hydroxylation sites is 1. The highest BCUT2D eigenvalue weighted by molar-refractivity contribution is 5.96. The van der Waals surface area contributed by atoms with Crippen molar-refractivity contribution >= 4 is 5.91 Å². The van der Waals surface area contributed by atoms with Gasteiger partial charge in [0.2, 0.25) is 5.88 Å². The number of hydrogen-bond donors (Lipinski definition) is 1. The van der Waals surface area contributed by atoms with Crippen LogP contribution in [-0.4, -0.2) is 20.7 Å². The number of nitrogens with one attached hydrogen (secondary N) is 1. The number of carbonyl (C=O) groups excluding carboxylic acids is 1. The zero-order valence-corrected chi connectivity index (χ0v) is 13.6. The van der Waals surface area contributed by atoms with Gasteiger partial charge in [0, 0.05) is 13.2 Å². The van der Waals surface area contributed by atoms with Crippen LogP contribution in [0.25, 0.3) is 0 Å². The lowest BCUT2D eigenvalue weighted by Crippen LogP contribution is -2.24. The van der Waals surface area contributed by atoms with Crippen molar-refractivity contribution in [1.82, 2.24) is 20.1 Å². The zero-order valence-electron chi connectivity index (χ0n) is 13.6. The number of rotatable bonds is 5. The molecular formula is C18H18N4O2. The molecule has 0 bridgehead atoms. The first-order valence-electron chi connectivity index (χ1n) is 7.59. The van der Waals surface area contributed by atoms with Crippen molar-refractivity contribution in [3.05, 3.63) is 71.7 Å². The molecule has 0 unspecified atom stereocenters. The van der Waals surface area contributed by atoms with Gasteiger partial charge in [-0.1, -0.05) is 18.2 Å². The van der Waals surface area contributed by atoms with Crippen molar-refractivity contribution in [2.24, 2.45) is 7.05 Å². The van der Waals surface area contributed by atoms with Crippen LogP contribution in [0.15, 0.2) is 54.7 Å². The summed E-state index contributed by atoms with van der Waals surface area (Å²) in [5, 5.41) is 7.14. The molecule has 0 atom stereocenters. The van der Waals surface area contributed by atoms with Crippen molar-refractivity contribution in [3.63, 3.8) is 0 Å². The van der Waals surface area contributed by atoms with Crippen molar-refractivity contribution in [2.75, 3.05) is 0 Å². The Labute approximate surface area is 140 Å². The molecule has 24 heavy (non-hydrogen) atoms. The van der Waals surface area contributed by atoms with E-state index in [2.05, 4.69) is 15.4 Å². The van der Waals surface area contributed by atoms with Gasteiger partial charge in [0.15, 0.2) is 0 Å². The van der Waals surface area contributed by atoms with Gasteiger partial charge in [-0.25, -0.2) is 4.98 Å². The van der Waals surface area contributed by atoms with E-state index in [9.17, 15) is 4.79 Å². The van der Waals surface area contributed by atoms with Gasteiger partial charge in [-0.2, -0.15) is 5.10 Å². The van der Waals surface area contributed by atoms with Crippen LogP contribution in [0.4, 0.5) is 0 Å². The minimum absolute atomic E-state index is 0.243. The number of amides is 1. The molecule has 0 saturated carbocycles. The summed E-state index contributed by atoms with van der Waals surface area (Å²) in [6.45, 7) is 2.30. The molecule has 6 nitrogen and oxygen atoms in total. The third kappa shape index (κ3) is 3.60. The van der Waals surface area contributed by atoms with Crippen LogP contribution in [0.3, 0.4) is 0 Å². The average Bonchev–Trinajstić information content (AvgIpc) is 2.91. The van der Waals surface area contributed by atoms with Gasteiger partial charge < -0.3 is 10.1 Å². The number of hydrogen-bond acceptors (Lipinski definition) is 4. The number of benzene rings is 1. The molecule has 0 aliphatic carbocycles. The number of carbonyl (C=O) groups is 1. The summed E-state index contributed by atoms with van der Waals surface area (Å²) < 4.78 is 7.47. The second-order valence-electron chi connectivity index (χ2n) is 5.35. The predicted octanol–water partition coefficient (Wildman–Crippen LogP) is 2.85. The lowest BCUT2D eigenvalue weighted by Gasteiger charge is -2.10. The van der Waals surface area contributed by atoms with Gasteiger partial charge in [-0.05, 0) is 37.3 Å². The molecule has 1 aromatic carbocycles. The van der Waals surface area contributed by atoms with Crippen molar-refractivity contribution in [3.8, 4) is 11.6 Å². The molecule has 3 aromatic rings. The number of aryl methyl sites for hydroxylation is 2. The maximum absolute atomic E-state index is 12.5. The quantitative estimate of drug-likeness (QED) is 0.784. The Hall–Kier alpha value is -3.15. The molecule has 0 fully saturated rings. The van der Waals surface area contributed by atoms with Crippen LogP contribution in [0, 0.1) is 6.92 Å². The molecule has 0 saturated heterocycles. The van der Waals surface area contributed by atoms with Gasteiger partial charge in [0.1, 0.15) is 11.3 Å². The highest BCUT2D eigenvalue weighted by Gasteiger charge is 2.14. The lowest BCUT2D eigenvalue weighted by molar-refractivity contribution is 0.0947. The molecule has 0 aliphatic rings. The Morgan fingerprint density at radius 2 is 2.00 bits per heavy atom. The highest BCUT2D eigenvalue weighted by atomic mass is 16.5. The molecule has 0 spiro atoms. The third-order valence-electron chi connectivity index (χ3n) is 3.50. The molecule has 1 N–H and O–H groups in total. The maximum atomic E-state index is 12.5. The van der Waals surface area contributed by atoms with Crippen LogP contribution in [0.2, 0.25) is 0 Å². The summed E-state index contributed by atoms with van der Waals surface area (Å²) in [4.78, 5) is 16.7. The van der Waals surface area contributed by atoms with E-state index >= 15 is 0 Å². The monoisotopic (exact) mass is 322 g/mol. The Bertz CT molecular complexity index is 843. The standard InChI is InChI=1S/C18H18N4O2/c1-13-11-14(22(2)21-13)12-20-17(23)16-9-6-10-19-18(16)24-15-7-4-3-5-8-15/h3-11H,12H2,1-2H3,(H,20,23). The van der Waals surface area contributed by atoms with Gasteiger partial charge in [0.25, 0.3) is 5.91 Å². The first-order valence-corrected chi connectivity index (χ1v) is 7.59. The van der Waals surface area contributed by atoms with E-state index < -0.39 is 0 Å². The molecule has 3 rings (SSSR count). The van der Waals surface area contributed by atoms with E-state index in [0.717, 1.165) is 11.4 Å². The smallest absolute Gasteiger partial charge is 0.257 e. The van der Waals surface area contributed by atoms with Gasteiger partial charge in [0.05, 0.1) is 17.9 Å². The highest BCUT2D eigenvalue weighted by Crippen LogP contribution is 2.22.